The third-order valence-electron chi connectivity index (χ3n) is 4.61. The van der Waals surface area contributed by atoms with Crippen molar-refractivity contribution >= 4 is 23.3 Å². The highest BCUT2D eigenvalue weighted by molar-refractivity contribution is 7.06. The van der Waals surface area contributed by atoms with Gasteiger partial charge in [0, 0.05) is 5.56 Å². The Labute approximate surface area is 194 Å². The summed E-state index contributed by atoms with van der Waals surface area (Å²) < 4.78 is 62.3. The molecule has 0 aliphatic carbocycles. The number of nitrogens with zero attached hydrogens (tertiary/aromatic N) is 2. The van der Waals surface area contributed by atoms with Crippen molar-refractivity contribution in [1.82, 2.24) is 14.7 Å². The highest BCUT2D eigenvalue weighted by Gasteiger charge is 2.32. The fourth-order valence-corrected chi connectivity index (χ4v) is 3.52. The topological polar surface area (TPSA) is 127 Å². The van der Waals surface area contributed by atoms with Gasteiger partial charge >= 0.3 is 6.18 Å². The molecule has 3 aromatic rings. The quantitative estimate of drug-likeness (QED) is 0.410. The smallest absolute Gasteiger partial charge is 0.433 e. The van der Waals surface area contributed by atoms with Crippen LogP contribution < -0.4 is 15.8 Å². The minimum atomic E-state index is -4.55. The molecule has 1 aromatic carbocycles. The first kappa shape index (κ1) is 25.1. The summed E-state index contributed by atoms with van der Waals surface area (Å²) in [5.41, 5.74) is 4.39. The number of aliphatic hydroxyl groups is 1. The largest absolute Gasteiger partial charge is 0.484 e. The maximum Gasteiger partial charge on any atom is 0.433 e. The third kappa shape index (κ3) is 5.85. The molecule has 34 heavy (non-hydrogen) atoms. The van der Waals surface area contributed by atoms with E-state index in [4.69, 9.17) is 15.6 Å². The molecular weight excluding hydrogens is 480 g/mol. The minimum Gasteiger partial charge on any atom is -0.484 e. The van der Waals surface area contributed by atoms with E-state index in [0.717, 1.165) is 35.9 Å². The van der Waals surface area contributed by atoms with E-state index in [1.54, 1.807) is 13.0 Å². The highest BCUT2D eigenvalue weighted by Crippen LogP contribution is 2.31. The van der Waals surface area contributed by atoms with E-state index >= 15 is 0 Å². The number of nitrogens with one attached hydrogen (secondary N) is 1. The second-order valence-electron chi connectivity index (χ2n) is 7.06. The molecule has 0 saturated carbocycles. The zero-order valence-electron chi connectivity index (χ0n) is 17.5. The Balaban J connectivity index is 1.71. The lowest BCUT2D eigenvalue weighted by Gasteiger charge is -2.13. The SMILES string of the molecule is CC(Oc1ccc(C(F)(F)F)nc1)c1cc(-c2ccc(C(=O)N[C@@H](CO)C(N)=O)c(F)c2)ns1. The summed E-state index contributed by atoms with van der Waals surface area (Å²) in [4.78, 5) is 27.3. The van der Waals surface area contributed by atoms with Crippen molar-refractivity contribution in [3.05, 3.63) is 64.5 Å². The number of nitrogens with two attached hydrogens (primary N) is 1. The number of halogens is 4. The summed E-state index contributed by atoms with van der Waals surface area (Å²) in [6.07, 6.45) is -4.16. The summed E-state index contributed by atoms with van der Waals surface area (Å²) in [5.74, 6) is -2.64. The Bertz CT molecular complexity index is 1180. The zero-order chi connectivity index (χ0) is 25.0. The number of aromatic nitrogens is 2. The Kier molecular flexibility index (Phi) is 7.47. The van der Waals surface area contributed by atoms with Gasteiger partial charge in [0.2, 0.25) is 5.91 Å². The van der Waals surface area contributed by atoms with E-state index in [2.05, 4.69) is 14.7 Å². The number of pyridine rings is 1. The molecule has 0 spiro atoms. The van der Waals surface area contributed by atoms with Crippen molar-refractivity contribution in [1.29, 1.82) is 0 Å². The fraction of sp³-hybridized carbons (Fsp3) is 0.238. The Morgan fingerprint density at radius 2 is 1.97 bits per heavy atom. The average molecular weight is 498 g/mol. The molecule has 0 fully saturated rings. The van der Waals surface area contributed by atoms with Crippen LogP contribution in [0.25, 0.3) is 11.3 Å². The lowest BCUT2D eigenvalue weighted by molar-refractivity contribution is -0.141. The number of ether oxygens (including phenoxy) is 1. The number of primary amides is 1. The highest BCUT2D eigenvalue weighted by atomic mass is 32.1. The number of carbonyl (C=O) groups is 2. The molecule has 13 heteroatoms. The first-order valence-electron chi connectivity index (χ1n) is 9.67. The van der Waals surface area contributed by atoms with E-state index in [1.165, 1.54) is 12.1 Å². The molecule has 0 aliphatic rings. The molecule has 2 heterocycles. The second-order valence-corrected chi connectivity index (χ2v) is 7.89. The minimum absolute atomic E-state index is 0.133. The van der Waals surface area contributed by atoms with Gasteiger partial charge in [-0.3, -0.25) is 9.59 Å². The number of amides is 2. The van der Waals surface area contributed by atoms with Crippen molar-refractivity contribution in [3.63, 3.8) is 0 Å². The van der Waals surface area contributed by atoms with Crippen LogP contribution in [0.4, 0.5) is 17.6 Å². The van der Waals surface area contributed by atoms with Crippen LogP contribution >= 0.6 is 11.5 Å². The maximum absolute atomic E-state index is 14.5. The van der Waals surface area contributed by atoms with Gasteiger partial charge in [-0.1, -0.05) is 6.07 Å². The molecule has 3 rings (SSSR count). The molecule has 0 aliphatic heterocycles. The number of hydrogen-bond donors (Lipinski definition) is 3. The Hall–Kier alpha value is -3.58. The monoisotopic (exact) mass is 498 g/mol. The Morgan fingerprint density at radius 1 is 1.24 bits per heavy atom. The van der Waals surface area contributed by atoms with Crippen LogP contribution in [0.5, 0.6) is 5.75 Å². The van der Waals surface area contributed by atoms with E-state index in [1.807, 2.05) is 0 Å². The van der Waals surface area contributed by atoms with Crippen molar-refractivity contribution in [2.75, 3.05) is 6.61 Å². The van der Waals surface area contributed by atoms with Gasteiger partial charge in [-0.05, 0) is 48.8 Å². The summed E-state index contributed by atoms with van der Waals surface area (Å²) in [7, 11) is 0. The lowest BCUT2D eigenvalue weighted by Crippen LogP contribution is -2.47. The first-order valence-corrected chi connectivity index (χ1v) is 10.4. The van der Waals surface area contributed by atoms with Gasteiger partial charge < -0.3 is 20.9 Å². The number of benzene rings is 1. The third-order valence-corrected chi connectivity index (χ3v) is 5.56. The van der Waals surface area contributed by atoms with Crippen LogP contribution in [0.2, 0.25) is 0 Å². The lowest BCUT2D eigenvalue weighted by atomic mass is 10.1. The molecule has 1 unspecified atom stereocenters. The molecule has 2 aromatic heterocycles. The van der Waals surface area contributed by atoms with Crippen LogP contribution in [-0.2, 0) is 11.0 Å². The Morgan fingerprint density at radius 3 is 2.53 bits per heavy atom. The summed E-state index contributed by atoms with van der Waals surface area (Å²) >= 11 is 1.05. The maximum atomic E-state index is 14.5. The van der Waals surface area contributed by atoms with Gasteiger partial charge in [-0.25, -0.2) is 9.37 Å². The molecule has 2 amide bonds. The van der Waals surface area contributed by atoms with Crippen LogP contribution in [0, 0.1) is 5.82 Å². The van der Waals surface area contributed by atoms with Gasteiger partial charge in [0.1, 0.15) is 29.4 Å². The number of carbonyl (C=O) groups excluding carboxylic acids is 2. The number of alkyl halides is 3. The second kappa shape index (κ2) is 10.1. The zero-order valence-corrected chi connectivity index (χ0v) is 18.3. The predicted octanol–water partition coefficient (Wildman–Crippen LogP) is 3.08. The van der Waals surface area contributed by atoms with Crippen LogP contribution in [0.15, 0.2) is 42.6 Å². The normalized spacial score (nSPS) is 13.2. The standard InChI is InChI=1S/C21H18F4N4O4S/c1-10(33-12-3-5-18(27-8-12)21(23,24)25)17-7-15(29-34-17)11-2-4-13(14(22)6-11)20(32)28-16(9-30)19(26)31/h2-8,10,16,30H,9H2,1H3,(H2,26,31)(H,28,32)/t10?,16-/m0/s1. The van der Waals surface area contributed by atoms with Crippen LogP contribution in [-0.4, -0.2) is 38.9 Å². The molecule has 8 nitrogen and oxygen atoms in total. The average Bonchev–Trinajstić information content (AvgIpc) is 3.27. The first-order chi connectivity index (χ1) is 16.0. The number of rotatable bonds is 8. The molecule has 0 saturated heterocycles. The number of hydrogen-bond acceptors (Lipinski definition) is 7. The van der Waals surface area contributed by atoms with Crippen molar-refractivity contribution in [3.8, 4) is 17.0 Å². The fourth-order valence-electron chi connectivity index (χ4n) is 2.80. The summed E-state index contributed by atoms with van der Waals surface area (Å²) in [6, 6.07) is 5.96. The van der Waals surface area contributed by atoms with Gasteiger partial charge in [-0.2, -0.15) is 17.5 Å². The van der Waals surface area contributed by atoms with E-state index in [-0.39, 0.29) is 11.3 Å². The molecule has 2 atom stereocenters. The van der Waals surface area contributed by atoms with Crippen molar-refractivity contribution in [2.24, 2.45) is 5.73 Å². The summed E-state index contributed by atoms with van der Waals surface area (Å²) in [6.45, 7) is 0.935. The molecular formula is C21H18F4N4O4S. The van der Waals surface area contributed by atoms with Gasteiger partial charge in [0.25, 0.3) is 5.91 Å². The van der Waals surface area contributed by atoms with Crippen LogP contribution in [0.3, 0.4) is 0 Å². The molecule has 180 valence electrons. The molecule has 0 bridgehead atoms. The van der Waals surface area contributed by atoms with Crippen molar-refractivity contribution < 1.29 is 37.0 Å². The predicted molar refractivity (Wildman–Crippen MR) is 113 cm³/mol. The summed E-state index contributed by atoms with van der Waals surface area (Å²) in [5, 5.41) is 11.2. The molecule has 0 radical (unpaired) electrons. The van der Waals surface area contributed by atoms with Crippen molar-refractivity contribution in [2.45, 2.75) is 25.2 Å². The van der Waals surface area contributed by atoms with E-state index < -0.39 is 48.3 Å². The number of aliphatic hydroxyl groups excluding tert-OH is 1. The van der Waals surface area contributed by atoms with E-state index in [9.17, 15) is 27.2 Å². The van der Waals surface area contributed by atoms with Gasteiger partial charge in [0.05, 0.1) is 28.9 Å². The van der Waals surface area contributed by atoms with E-state index in [0.29, 0.717) is 16.1 Å². The van der Waals surface area contributed by atoms with Gasteiger partial charge in [0.15, 0.2) is 0 Å². The van der Waals surface area contributed by atoms with Gasteiger partial charge in [-0.15, -0.1) is 0 Å². The van der Waals surface area contributed by atoms with Crippen LogP contribution in [0.1, 0.15) is 34.0 Å². The molecule has 4 N–H and O–H groups in total.